The van der Waals surface area contributed by atoms with Gasteiger partial charge in [0.1, 0.15) is 5.76 Å². The number of furan rings is 1. The van der Waals surface area contributed by atoms with Crippen LogP contribution in [0.5, 0.6) is 0 Å². The molecule has 4 heteroatoms. The lowest BCUT2D eigenvalue weighted by molar-refractivity contribution is -0.123. The molecule has 0 saturated carbocycles. The Morgan fingerprint density at radius 3 is 2.93 bits per heavy atom. The Hall–Kier alpha value is -1.29. The molecule has 0 fully saturated rings. The van der Waals surface area contributed by atoms with Gasteiger partial charge in [0.2, 0.25) is 5.91 Å². The van der Waals surface area contributed by atoms with Crippen molar-refractivity contribution in [3.8, 4) is 0 Å². The second-order valence-electron chi connectivity index (χ2n) is 3.64. The topological polar surface area (TPSA) is 68.3 Å². The summed E-state index contributed by atoms with van der Waals surface area (Å²) in [6.45, 7) is 3.87. The fourth-order valence-electron chi connectivity index (χ4n) is 1.37. The second kappa shape index (κ2) is 5.56. The summed E-state index contributed by atoms with van der Waals surface area (Å²) in [7, 11) is 0. The highest BCUT2D eigenvalue weighted by Crippen LogP contribution is 2.12. The van der Waals surface area contributed by atoms with Gasteiger partial charge < -0.3 is 15.5 Å². The van der Waals surface area contributed by atoms with E-state index in [-0.39, 0.29) is 11.9 Å². The van der Waals surface area contributed by atoms with E-state index in [1.165, 1.54) is 0 Å². The van der Waals surface area contributed by atoms with Crippen LogP contribution in [0.3, 0.4) is 0 Å². The van der Waals surface area contributed by atoms with Crippen LogP contribution in [-0.2, 0) is 4.79 Å². The number of nitrogens with one attached hydrogen (secondary N) is 1. The lowest BCUT2D eigenvalue weighted by Gasteiger charge is -2.15. The number of carbonyl (C=O) groups is 1. The summed E-state index contributed by atoms with van der Waals surface area (Å²) in [6, 6.07) is 3.07. The van der Waals surface area contributed by atoms with E-state index in [1.807, 2.05) is 19.9 Å². The van der Waals surface area contributed by atoms with Gasteiger partial charge >= 0.3 is 0 Å². The zero-order valence-corrected chi connectivity index (χ0v) is 9.19. The van der Waals surface area contributed by atoms with Gasteiger partial charge in [0.05, 0.1) is 18.3 Å². The van der Waals surface area contributed by atoms with Crippen molar-refractivity contribution in [1.29, 1.82) is 0 Å². The first-order chi connectivity index (χ1) is 7.15. The molecule has 1 aromatic heterocycles. The van der Waals surface area contributed by atoms with E-state index in [9.17, 15) is 4.79 Å². The van der Waals surface area contributed by atoms with Gasteiger partial charge in [-0.2, -0.15) is 0 Å². The zero-order valence-electron chi connectivity index (χ0n) is 9.19. The van der Waals surface area contributed by atoms with Crippen LogP contribution >= 0.6 is 0 Å². The Kier molecular flexibility index (Phi) is 4.37. The van der Waals surface area contributed by atoms with E-state index < -0.39 is 6.04 Å². The molecule has 0 aliphatic rings. The maximum Gasteiger partial charge on any atom is 0.237 e. The van der Waals surface area contributed by atoms with Crippen molar-refractivity contribution in [3.63, 3.8) is 0 Å². The zero-order chi connectivity index (χ0) is 11.3. The fourth-order valence-corrected chi connectivity index (χ4v) is 1.37. The summed E-state index contributed by atoms with van der Waals surface area (Å²) in [4.78, 5) is 11.6. The first kappa shape index (κ1) is 11.8. The van der Waals surface area contributed by atoms with Crippen molar-refractivity contribution in [2.45, 2.75) is 38.8 Å². The second-order valence-corrected chi connectivity index (χ2v) is 3.64. The molecule has 0 radical (unpaired) electrons. The van der Waals surface area contributed by atoms with Gasteiger partial charge in [0, 0.05) is 0 Å². The summed E-state index contributed by atoms with van der Waals surface area (Å²) in [5.41, 5.74) is 5.69. The van der Waals surface area contributed by atoms with Gasteiger partial charge in [-0.25, -0.2) is 0 Å². The molecule has 0 aromatic carbocycles. The van der Waals surface area contributed by atoms with Gasteiger partial charge in [0.15, 0.2) is 0 Å². The van der Waals surface area contributed by atoms with Crippen LogP contribution in [0.25, 0.3) is 0 Å². The van der Waals surface area contributed by atoms with Gasteiger partial charge in [-0.1, -0.05) is 13.3 Å². The Morgan fingerprint density at radius 1 is 1.67 bits per heavy atom. The van der Waals surface area contributed by atoms with Crippen LogP contribution in [0.1, 0.15) is 38.5 Å². The molecule has 1 heterocycles. The molecule has 4 nitrogen and oxygen atoms in total. The van der Waals surface area contributed by atoms with E-state index in [0.717, 1.165) is 12.2 Å². The predicted molar refractivity (Wildman–Crippen MR) is 58.1 cm³/mol. The Labute approximate surface area is 89.8 Å². The number of hydrogen-bond acceptors (Lipinski definition) is 3. The maximum absolute atomic E-state index is 11.6. The van der Waals surface area contributed by atoms with Gasteiger partial charge in [-0.05, 0) is 25.5 Å². The third kappa shape index (κ3) is 3.40. The van der Waals surface area contributed by atoms with Crippen molar-refractivity contribution in [2.24, 2.45) is 5.73 Å². The van der Waals surface area contributed by atoms with Crippen molar-refractivity contribution >= 4 is 5.91 Å². The smallest absolute Gasteiger partial charge is 0.237 e. The van der Waals surface area contributed by atoms with Crippen molar-refractivity contribution in [2.75, 3.05) is 0 Å². The minimum Gasteiger partial charge on any atom is -0.467 e. The number of nitrogens with two attached hydrogens (primary N) is 1. The summed E-state index contributed by atoms with van der Waals surface area (Å²) < 4.78 is 5.18. The van der Waals surface area contributed by atoms with E-state index >= 15 is 0 Å². The SMILES string of the molecule is CCC[C@H](N)C(=O)N[C@H](C)c1ccco1. The molecule has 0 aliphatic heterocycles. The number of amides is 1. The van der Waals surface area contributed by atoms with Crippen molar-refractivity contribution < 1.29 is 9.21 Å². The van der Waals surface area contributed by atoms with Crippen LogP contribution in [0, 0.1) is 0 Å². The lowest BCUT2D eigenvalue weighted by atomic mass is 10.1. The van der Waals surface area contributed by atoms with E-state index in [1.54, 1.807) is 12.3 Å². The van der Waals surface area contributed by atoms with Crippen molar-refractivity contribution in [3.05, 3.63) is 24.2 Å². The molecule has 0 spiro atoms. The highest BCUT2D eigenvalue weighted by atomic mass is 16.3. The van der Waals surface area contributed by atoms with Gasteiger partial charge in [-0.3, -0.25) is 4.79 Å². The van der Waals surface area contributed by atoms with E-state index in [0.29, 0.717) is 6.42 Å². The number of hydrogen-bond donors (Lipinski definition) is 2. The van der Waals surface area contributed by atoms with Crippen LogP contribution in [0.2, 0.25) is 0 Å². The molecule has 0 aliphatic carbocycles. The largest absolute Gasteiger partial charge is 0.467 e. The monoisotopic (exact) mass is 210 g/mol. The average Bonchev–Trinajstić information content (AvgIpc) is 2.70. The van der Waals surface area contributed by atoms with Crippen molar-refractivity contribution in [1.82, 2.24) is 5.32 Å². The third-order valence-corrected chi connectivity index (χ3v) is 2.27. The van der Waals surface area contributed by atoms with Gasteiger partial charge in [-0.15, -0.1) is 0 Å². The molecule has 15 heavy (non-hydrogen) atoms. The average molecular weight is 210 g/mol. The third-order valence-electron chi connectivity index (χ3n) is 2.27. The molecule has 1 rings (SSSR count). The van der Waals surface area contributed by atoms with Gasteiger partial charge in [0.25, 0.3) is 0 Å². The van der Waals surface area contributed by atoms with E-state index in [4.69, 9.17) is 10.2 Å². The Bertz CT molecular complexity index is 296. The van der Waals surface area contributed by atoms with Crippen LogP contribution in [0.15, 0.2) is 22.8 Å². The van der Waals surface area contributed by atoms with E-state index in [2.05, 4.69) is 5.32 Å². The fraction of sp³-hybridized carbons (Fsp3) is 0.545. The minimum absolute atomic E-state index is 0.124. The molecular formula is C11H18N2O2. The Morgan fingerprint density at radius 2 is 2.40 bits per heavy atom. The minimum atomic E-state index is -0.424. The maximum atomic E-state index is 11.6. The molecule has 3 N–H and O–H groups in total. The number of rotatable bonds is 5. The summed E-state index contributed by atoms with van der Waals surface area (Å²) in [5.74, 6) is 0.618. The first-order valence-corrected chi connectivity index (χ1v) is 5.24. The highest BCUT2D eigenvalue weighted by molar-refractivity contribution is 5.81. The standard InChI is InChI=1S/C11H18N2O2/c1-3-5-9(12)11(14)13-8(2)10-6-4-7-15-10/h4,6-9H,3,5,12H2,1-2H3,(H,13,14)/t8-,9+/m1/s1. The first-order valence-electron chi connectivity index (χ1n) is 5.24. The van der Waals surface area contributed by atoms with Crippen LogP contribution in [0.4, 0.5) is 0 Å². The normalized spacial score (nSPS) is 14.6. The molecule has 1 aromatic rings. The molecule has 0 saturated heterocycles. The summed E-state index contributed by atoms with van der Waals surface area (Å²) >= 11 is 0. The summed E-state index contributed by atoms with van der Waals surface area (Å²) in [6.07, 6.45) is 3.20. The quantitative estimate of drug-likeness (QED) is 0.775. The molecule has 84 valence electrons. The lowest BCUT2D eigenvalue weighted by Crippen LogP contribution is -2.41. The highest BCUT2D eigenvalue weighted by Gasteiger charge is 2.16. The van der Waals surface area contributed by atoms with Crippen LogP contribution in [-0.4, -0.2) is 11.9 Å². The Balaban J connectivity index is 2.44. The number of carbonyl (C=O) groups excluding carboxylic acids is 1. The van der Waals surface area contributed by atoms with Crippen LogP contribution < -0.4 is 11.1 Å². The molecule has 0 unspecified atom stereocenters. The molecule has 1 amide bonds. The molecular weight excluding hydrogens is 192 g/mol. The molecule has 2 atom stereocenters. The summed E-state index contributed by atoms with van der Waals surface area (Å²) in [5, 5.41) is 2.81. The predicted octanol–water partition coefficient (Wildman–Crippen LogP) is 1.58. The molecule has 0 bridgehead atoms.